The van der Waals surface area contributed by atoms with Crippen LogP contribution in [0.4, 0.5) is 0 Å². The fraction of sp³-hybridized carbons (Fsp3) is 0.0833. The van der Waals surface area contributed by atoms with Gasteiger partial charge in [0.25, 0.3) is 0 Å². The maximum absolute atomic E-state index is 12.7. The molecule has 0 fully saturated rings. The van der Waals surface area contributed by atoms with E-state index in [2.05, 4.69) is 12.6 Å². The normalized spacial score (nSPS) is 18.2. The van der Waals surface area contributed by atoms with E-state index in [1.54, 1.807) is 49.4 Å². The van der Waals surface area contributed by atoms with Gasteiger partial charge in [0.15, 0.2) is 5.60 Å². The van der Waals surface area contributed by atoms with Crippen LogP contribution >= 0.6 is 0 Å². The summed E-state index contributed by atoms with van der Waals surface area (Å²) in [5.74, 6) is 0.348. The third-order valence-electron chi connectivity index (χ3n) is 5.09. The van der Waals surface area contributed by atoms with Crippen molar-refractivity contribution in [2.24, 2.45) is 0 Å². The Labute approximate surface area is 167 Å². The monoisotopic (exact) mass is 383 g/mol. The highest BCUT2D eigenvalue weighted by molar-refractivity contribution is 5.97. The Morgan fingerprint density at radius 3 is 2.69 bits per heavy atom. The molecule has 0 amide bonds. The lowest BCUT2D eigenvalue weighted by Crippen LogP contribution is -2.33. The summed E-state index contributed by atoms with van der Waals surface area (Å²) in [6.45, 7) is 5.17. The number of carbonyl (C=O) groups excluding carboxylic acids is 2. The third kappa shape index (κ3) is 2.41. The molecule has 3 aromatic carbocycles. The summed E-state index contributed by atoms with van der Waals surface area (Å²) in [7, 11) is 0. The highest BCUT2D eigenvalue weighted by Gasteiger charge is 2.53. The molecule has 2 heterocycles. The van der Waals surface area contributed by atoms with Gasteiger partial charge in [0.05, 0.1) is 5.56 Å². The van der Waals surface area contributed by atoms with E-state index >= 15 is 0 Å². The predicted octanol–water partition coefficient (Wildman–Crippen LogP) is 4.54. The number of ether oxygens (including phenoxy) is 3. The van der Waals surface area contributed by atoms with E-state index < -0.39 is 17.5 Å². The van der Waals surface area contributed by atoms with Crippen molar-refractivity contribution in [3.05, 3.63) is 101 Å². The lowest BCUT2D eigenvalue weighted by Gasteiger charge is -2.36. The van der Waals surface area contributed by atoms with Crippen LogP contribution < -0.4 is 9.47 Å². The zero-order chi connectivity index (χ0) is 20.2. The van der Waals surface area contributed by atoms with Gasteiger partial charge in [-0.15, -0.1) is 0 Å². The molecule has 0 aromatic heterocycles. The Kier molecular flexibility index (Phi) is 3.61. The van der Waals surface area contributed by atoms with Crippen LogP contribution in [0.5, 0.6) is 17.2 Å². The minimum atomic E-state index is -1.14. The van der Waals surface area contributed by atoms with Crippen molar-refractivity contribution < 1.29 is 23.8 Å². The lowest BCUT2D eigenvalue weighted by atomic mass is 9.78. The van der Waals surface area contributed by atoms with Gasteiger partial charge in [-0.2, -0.15) is 0 Å². The number of carbonyl (C=O) groups is 2. The maximum atomic E-state index is 12.7. The van der Waals surface area contributed by atoms with Crippen molar-refractivity contribution in [1.82, 2.24) is 0 Å². The topological polar surface area (TPSA) is 61.8 Å². The third-order valence-corrected chi connectivity index (χ3v) is 5.09. The number of benzene rings is 3. The standard InChI is InChI=1S/C24H15O5/c1-14(2)22(25)27-15-11-12-19-21(13-15)28-20-10-6-5-9-18(20)24(19)17-8-4-3-7-16(17)23(26)29-24/h3-5,7-13H,1H2,2H3. The molecule has 141 valence electrons. The van der Waals surface area contributed by atoms with Crippen molar-refractivity contribution >= 4 is 11.9 Å². The summed E-state index contributed by atoms with van der Waals surface area (Å²) in [5, 5.41) is 0. The number of fused-ring (bicyclic) bond motifs is 6. The minimum absolute atomic E-state index is 0.290. The van der Waals surface area contributed by atoms with Crippen LogP contribution in [-0.2, 0) is 15.1 Å². The second kappa shape index (κ2) is 6.07. The molecule has 1 spiro atoms. The SMILES string of the molecule is C=C(C)C(=O)Oc1ccc2c(c1)Oc1c[c]ccc1C21OC(=O)c2ccccc21. The Bertz CT molecular complexity index is 1210. The van der Waals surface area contributed by atoms with Crippen molar-refractivity contribution in [2.75, 3.05) is 0 Å². The molecule has 0 N–H and O–H groups in total. The summed E-state index contributed by atoms with van der Waals surface area (Å²) in [6.07, 6.45) is 0. The molecular weight excluding hydrogens is 368 g/mol. The number of hydrogen-bond donors (Lipinski definition) is 0. The largest absolute Gasteiger partial charge is 0.456 e. The van der Waals surface area contributed by atoms with Gasteiger partial charge >= 0.3 is 11.9 Å². The Morgan fingerprint density at radius 2 is 1.86 bits per heavy atom. The number of esters is 2. The molecule has 2 aliphatic rings. The second-order valence-electron chi connectivity index (χ2n) is 6.97. The fourth-order valence-corrected chi connectivity index (χ4v) is 3.81. The van der Waals surface area contributed by atoms with Crippen LogP contribution in [0.1, 0.15) is 34.0 Å². The van der Waals surface area contributed by atoms with E-state index in [1.807, 2.05) is 18.2 Å². The Hall–Kier alpha value is -3.86. The number of hydrogen-bond acceptors (Lipinski definition) is 5. The van der Waals surface area contributed by atoms with Gasteiger partial charge in [0.2, 0.25) is 0 Å². The van der Waals surface area contributed by atoms with Crippen LogP contribution in [0.15, 0.2) is 72.8 Å². The van der Waals surface area contributed by atoms with Crippen molar-refractivity contribution in [3.8, 4) is 17.2 Å². The first kappa shape index (κ1) is 17.3. The first-order valence-electron chi connectivity index (χ1n) is 9.04. The molecule has 5 rings (SSSR count). The summed E-state index contributed by atoms with van der Waals surface area (Å²) < 4.78 is 17.4. The van der Waals surface area contributed by atoms with Gasteiger partial charge in [-0.25, -0.2) is 9.59 Å². The van der Waals surface area contributed by atoms with Crippen LogP contribution in [0, 0.1) is 6.07 Å². The summed E-state index contributed by atoms with van der Waals surface area (Å²) in [6, 6.07) is 20.6. The molecule has 0 saturated carbocycles. The molecule has 0 bridgehead atoms. The zero-order valence-electron chi connectivity index (χ0n) is 15.5. The summed E-state index contributed by atoms with van der Waals surface area (Å²) >= 11 is 0. The van der Waals surface area contributed by atoms with Crippen molar-refractivity contribution in [2.45, 2.75) is 12.5 Å². The average molecular weight is 383 g/mol. The Balaban J connectivity index is 1.73. The first-order valence-corrected chi connectivity index (χ1v) is 9.04. The molecule has 1 radical (unpaired) electrons. The van der Waals surface area contributed by atoms with E-state index in [9.17, 15) is 9.59 Å². The smallest absolute Gasteiger partial charge is 0.340 e. The molecule has 0 saturated heterocycles. The van der Waals surface area contributed by atoms with E-state index in [4.69, 9.17) is 14.2 Å². The van der Waals surface area contributed by atoms with Crippen molar-refractivity contribution in [3.63, 3.8) is 0 Å². The van der Waals surface area contributed by atoms with Crippen LogP contribution in [0.25, 0.3) is 0 Å². The zero-order valence-corrected chi connectivity index (χ0v) is 15.5. The highest BCUT2D eigenvalue weighted by Crippen LogP contribution is 2.56. The van der Waals surface area contributed by atoms with E-state index in [0.29, 0.717) is 39.5 Å². The molecule has 2 aliphatic heterocycles. The molecule has 5 nitrogen and oxygen atoms in total. The first-order chi connectivity index (χ1) is 14.0. The van der Waals surface area contributed by atoms with Gasteiger partial charge < -0.3 is 14.2 Å². The average Bonchev–Trinajstić information content (AvgIpc) is 3.01. The maximum Gasteiger partial charge on any atom is 0.340 e. The lowest BCUT2D eigenvalue weighted by molar-refractivity contribution is -0.130. The molecule has 3 aromatic rings. The van der Waals surface area contributed by atoms with E-state index in [-0.39, 0.29) is 0 Å². The van der Waals surface area contributed by atoms with Gasteiger partial charge in [0, 0.05) is 28.3 Å². The van der Waals surface area contributed by atoms with E-state index in [1.165, 1.54) is 0 Å². The van der Waals surface area contributed by atoms with E-state index in [0.717, 1.165) is 5.56 Å². The molecule has 1 atom stereocenters. The second-order valence-corrected chi connectivity index (χ2v) is 6.97. The van der Waals surface area contributed by atoms with Crippen LogP contribution in [0.3, 0.4) is 0 Å². The fourth-order valence-electron chi connectivity index (χ4n) is 3.81. The van der Waals surface area contributed by atoms with Gasteiger partial charge in [-0.05, 0) is 43.3 Å². The quantitative estimate of drug-likeness (QED) is 0.369. The van der Waals surface area contributed by atoms with Crippen LogP contribution in [-0.4, -0.2) is 11.9 Å². The number of rotatable bonds is 2. The molecule has 1 unspecified atom stereocenters. The summed E-state index contributed by atoms with van der Waals surface area (Å²) in [5.41, 5.74) is 1.78. The Morgan fingerprint density at radius 1 is 1.07 bits per heavy atom. The van der Waals surface area contributed by atoms with Gasteiger partial charge in [-0.1, -0.05) is 30.8 Å². The predicted molar refractivity (Wildman–Crippen MR) is 104 cm³/mol. The highest BCUT2D eigenvalue weighted by atomic mass is 16.6. The molecule has 0 aliphatic carbocycles. The van der Waals surface area contributed by atoms with Gasteiger partial charge in [0.1, 0.15) is 17.2 Å². The minimum Gasteiger partial charge on any atom is -0.456 e. The summed E-state index contributed by atoms with van der Waals surface area (Å²) in [4.78, 5) is 24.6. The van der Waals surface area contributed by atoms with Crippen LogP contribution in [0.2, 0.25) is 0 Å². The molecule has 5 heteroatoms. The molecular formula is C24H15O5. The van der Waals surface area contributed by atoms with Gasteiger partial charge in [-0.3, -0.25) is 0 Å². The van der Waals surface area contributed by atoms with Crippen molar-refractivity contribution in [1.29, 1.82) is 0 Å². The molecule has 29 heavy (non-hydrogen) atoms.